The lowest BCUT2D eigenvalue weighted by Gasteiger charge is -2.33. The number of aliphatic imine (C=N–C) groups is 1. The second-order valence-electron chi connectivity index (χ2n) is 10.1. The van der Waals surface area contributed by atoms with Gasteiger partial charge in [0.1, 0.15) is 5.76 Å². The largest absolute Gasteiger partial charge is 0.469 e. The van der Waals surface area contributed by atoms with Gasteiger partial charge in [0.25, 0.3) is 0 Å². The van der Waals surface area contributed by atoms with Crippen LogP contribution in [0.1, 0.15) is 50.4 Å². The zero-order valence-electron chi connectivity index (χ0n) is 20.0. The highest BCUT2D eigenvalue weighted by molar-refractivity contribution is 5.80. The van der Waals surface area contributed by atoms with Gasteiger partial charge in [0.05, 0.1) is 6.26 Å². The standard InChI is InChI=1S/C27H39N5O/c1-21-18-24(20-32(21)25-9-10-25)30-27(28-14-11-26-8-5-17-33-26)29-23-12-15-31(16-13-23)19-22-6-3-2-4-7-22/h2-8,17,21,23-25H,9-16,18-20H2,1H3,(H2,28,29,30). The van der Waals surface area contributed by atoms with Crippen molar-refractivity contribution in [2.75, 3.05) is 26.2 Å². The highest BCUT2D eigenvalue weighted by Gasteiger charge is 2.39. The van der Waals surface area contributed by atoms with Crippen molar-refractivity contribution >= 4 is 5.96 Å². The quantitative estimate of drug-likeness (QED) is 0.476. The van der Waals surface area contributed by atoms with Crippen molar-refractivity contribution in [1.82, 2.24) is 20.4 Å². The highest BCUT2D eigenvalue weighted by atomic mass is 16.3. The Kier molecular flexibility index (Phi) is 7.32. The van der Waals surface area contributed by atoms with Gasteiger partial charge in [0.15, 0.2) is 5.96 Å². The molecule has 6 heteroatoms. The van der Waals surface area contributed by atoms with Crippen LogP contribution in [0.25, 0.3) is 0 Å². The molecule has 1 aromatic heterocycles. The number of nitrogens with one attached hydrogen (secondary N) is 2. The first-order valence-electron chi connectivity index (χ1n) is 12.8. The molecule has 2 atom stereocenters. The minimum atomic E-state index is 0.477. The monoisotopic (exact) mass is 449 g/mol. The number of rotatable bonds is 8. The molecule has 1 saturated carbocycles. The fourth-order valence-corrected chi connectivity index (χ4v) is 5.41. The van der Waals surface area contributed by atoms with Gasteiger partial charge in [0, 0.05) is 63.3 Å². The van der Waals surface area contributed by atoms with Gasteiger partial charge in [0.2, 0.25) is 0 Å². The molecular formula is C27H39N5O. The Morgan fingerprint density at radius 3 is 2.52 bits per heavy atom. The fraction of sp³-hybridized carbons (Fsp3) is 0.593. The number of furan rings is 1. The summed E-state index contributed by atoms with van der Waals surface area (Å²) in [6.45, 7) is 7.56. The zero-order chi connectivity index (χ0) is 22.5. The van der Waals surface area contributed by atoms with E-state index >= 15 is 0 Å². The normalized spacial score (nSPS) is 25.4. The summed E-state index contributed by atoms with van der Waals surface area (Å²) in [6, 6.07) is 17.2. The Labute approximate surface area is 198 Å². The van der Waals surface area contributed by atoms with Crippen molar-refractivity contribution in [3.63, 3.8) is 0 Å². The number of benzene rings is 1. The third kappa shape index (κ3) is 6.39. The summed E-state index contributed by atoms with van der Waals surface area (Å²) in [4.78, 5) is 10.2. The Hall–Kier alpha value is -2.31. The van der Waals surface area contributed by atoms with Crippen molar-refractivity contribution in [1.29, 1.82) is 0 Å². The van der Waals surface area contributed by atoms with Crippen molar-refractivity contribution in [3.05, 3.63) is 60.1 Å². The summed E-state index contributed by atoms with van der Waals surface area (Å²) in [5, 5.41) is 7.58. The van der Waals surface area contributed by atoms with E-state index in [0.29, 0.717) is 18.1 Å². The molecule has 2 unspecified atom stereocenters. The maximum absolute atomic E-state index is 5.50. The molecule has 2 saturated heterocycles. The Morgan fingerprint density at radius 2 is 1.79 bits per heavy atom. The molecule has 0 radical (unpaired) electrons. The smallest absolute Gasteiger partial charge is 0.191 e. The lowest BCUT2D eigenvalue weighted by atomic mass is 10.0. The lowest BCUT2D eigenvalue weighted by Crippen LogP contribution is -2.51. The molecule has 3 fully saturated rings. The van der Waals surface area contributed by atoms with Gasteiger partial charge in [-0.25, -0.2) is 0 Å². The van der Waals surface area contributed by atoms with E-state index in [-0.39, 0.29) is 0 Å². The van der Waals surface area contributed by atoms with Crippen molar-refractivity contribution in [2.45, 2.75) is 76.2 Å². The third-order valence-electron chi connectivity index (χ3n) is 7.37. The molecule has 5 rings (SSSR count). The number of hydrogen-bond donors (Lipinski definition) is 2. The van der Waals surface area contributed by atoms with Crippen LogP contribution in [0.2, 0.25) is 0 Å². The molecule has 0 amide bonds. The predicted molar refractivity (Wildman–Crippen MR) is 133 cm³/mol. The van der Waals surface area contributed by atoms with Crippen LogP contribution in [-0.2, 0) is 13.0 Å². The Balaban J connectivity index is 1.15. The summed E-state index contributed by atoms with van der Waals surface area (Å²) in [7, 11) is 0. The van der Waals surface area contributed by atoms with Crippen LogP contribution in [0.15, 0.2) is 58.1 Å². The van der Waals surface area contributed by atoms with E-state index in [1.54, 1.807) is 6.26 Å². The molecule has 33 heavy (non-hydrogen) atoms. The molecule has 1 aromatic carbocycles. The first kappa shape index (κ1) is 22.5. The summed E-state index contributed by atoms with van der Waals surface area (Å²) in [5.74, 6) is 1.99. The van der Waals surface area contributed by atoms with Gasteiger partial charge in [-0.1, -0.05) is 30.3 Å². The molecule has 1 aliphatic carbocycles. The average Bonchev–Trinajstić information content (AvgIpc) is 3.41. The summed E-state index contributed by atoms with van der Waals surface area (Å²) >= 11 is 0. The van der Waals surface area contributed by atoms with E-state index in [1.165, 1.54) is 24.8 Å². The molecule has 2 N–H and O–H groups in total. The second-order valence-corrected chi connectivity index (χ2v) is 10.1. The van der Waals surface area contributed by atoms with E-state index in [2.05, 4.69) is 57.7 Å². The topological polar surface area (TPSA) is 56.0 Å². The molecular weight excluding hydrogens is 410 g/mol. The van der Waals surface area contributed by atoms with Crippen LogP contribution < -0.4 is 10.6 Å². The summed E-state index contributed by atoms with van der Waals surface area (Å²) in [5.41, 5.74) is 1.40. The van der Waals surface area contributed by atoms with Crippen LogP contribution in [0.5, 0.6) is 0 Å². The molecule has 3 aliphatic rings. The third-order valence-corrected chi connectivity index (χ3v) is 7.37. The first-order valence-corrected chi connectivity index (χ1v) is 12.8. The van der Waals surface area contributed by atoms with Gasteiger partial charge in [-0.15, -0.1) is 0 Å². The van der Waals surface area contributed by atoms with E-state index in [4.69, 9.17) is 9.41 Å². The number of piperidine rings is 1. The van der Waals surface area contributed by atoms with Crippen LogP contribution in [0, 0.1) is 0 Å². The predicted octanol–water partition coefficient (Wildman–Crippen LogP) is 3.65. The number of nitrogens with zero attached hydrogens (tertiary/aromatic N) is 3. The Morgan fingerprint density at radius 1 is 1.00 bits per heavy atom. The zero-order valence-corrected chi connectivity index (χ0v) is 20.0. The van der Waals surface area contributed by atoms with Crippen LogP contribution >= 0.6 is 0 Å². The van der Waals surface area contributed by atoms with Crippen molar-refractivity contribution in [3.8, 4) is 0 Å². The molecule has 178 valence electrons. The molecule has 0 spiro atoms. The molecule has 2 aliphatic heterocycles. The average molecular weight is 450 g/mol. The van der Waals surface area contributed by atoms with E-state index in [1.807, 2.05) is 12.1 Å². The highest BCUT2D eigenvalue weighted by Crippen LogP contribution is 2.33. The SMILES string of the molecule is CC1CC(NC(=NCCc2ccco2)NC2CCN(Cc3ccccc3)CC2)CN1C1CC1. The minimum Gasteiger partial charge on any atom is -0.469 e. The summed E-state index contributed by atoms with van der Waals surface area (Å²) < 4.78 is 5.50. The van der Waals surface area contributed by atoms with Crippen LogP contribution in [-0.4, -0.2) is 66.1 Å². The van der Waals surface area contributed by atoms with Gasteiger partial charge in [-0.3, -0.25) is 14.8 Å². The second kappa shape index (κ2) is 10.7. The maximum Gasteiger partial charge on any atom is 0.191 e. The van der Waals surface area contributed by atoms with Gasteiger partial charge >= 0.3 is 0 Å². The molecule has 6 nitrogen and oxygen atoms in total. The van der Waals surface area contributed by atoms with Gasteiger partial charge < -0.3 is 15.1 Å². The first-order chi connectivity index (χ1) is 16.2. The van der Waals surface area contributed by atoms with Crippen molar-refractivity contribution in [2.24, 2.45) is 4.99 Å². The maximum atomic E-state index is 5.50. The molecule has 2 aromatic rings. The molecule has 3 heterocycles. The Bertz CT molecular complexity index is 871. The van der Waals surface area contributed by atoms with Crippen LogP contribution in [0.4, 0.5) is 0 Å². The fourth-order valence-electron chi connectivity index (χ4n) is 5.41. The summed E-state index contributed by atoms with van der Waals surface area (Å²) in [6.07, 6.45) is 8.84. The van der Waals surface area contributed by atoms with Crippen molar-refractivity contribution < 1.29 is 4.42 Å². The molecule has 0 bridgehead atoms. The van der Waals surface area contributed by atoms with Gasteiger partial charge in [-0.2, -0.15) is 0 Å². The number of hydrogen-bond acceptors (Lipinski definition) is 4. The van der Waals surface area contributed by atoms with E-state index < -0.39 is 0 Å². The van der Waals surface area contributed by atoms with Crippen LogP contribution in [0.3, 0.4) is 0 Å². The van der Waals surface area contributed by atoms with E-state index in [9.17, 15) is 0 Å². The lowest BCUT2D eigenvalue weighted by molar-refractivity contribution is 0.198. The number of guanidine groups is 1. The number of likely N-dealkylation sites (tertiary alicyclic amines) is 2. The minimum absolute atomic E-state index is 0.477. The van der Waals surface area contributed by atoms with E-state index in [0.717, 1.165) is 69.7 Å². The van der Waals surface area contributed by atoms with Gasteiger partial charge in [-0.05, 0) is 56.7 Å².